The molecule has 0 bridgehead atoms. The zero-order valence-electron chi connectivity index (χ0n) is 7.63. The predicted octanol–water partition coefficient (Wildman–Crippen LogP) is 0.333. The number of hydrogen-bond donors (Lipinski definition) is 2. The molecule has 0 atom stereocenters. The van der Waals surface area contributed by atoms with E-state index in [0.717, 1.165) is 0 Å². The second-order valence-corrected chi connectivity index (χ2v) is 0.283. The van der Waals surface area contributed by atoms with Crippen LogP contribution in [0, 0.1) is 0 Å². The minimum Gasteiger partial charge on any atom is -1.00 e. The van der Waals surface area contributed by atoms with Gasteiger partial charge in [0.25, 0.3) is 0 Å². The summed E-state index contributed by atoms with van der Waals surface area (Å²) >= 11 is 0. The van der Waals surface area contributed by atoms with Crippen LogP contribution in [0.15, 0.2) is 0 Å². The number of carbonyl (C=O) groups is 1. The van der Waals surface area contributed by atoms with Crippen LogP contribution in [0.2, 0.25) is 0 Å². The van der Waals surface area contributed by atoms with Gasteiger partial charge in [0.2, 0.25) is 0 Å². The first-order chi connectivity index (χ1) is 1.73. The maximum Gasteiger partial charge on any atom is 2.00 e. The molecule has 0 aromatic rings. The molecule has 0 saturated carbocycles. The second-order valence-electron chi connectivity index (χ2n) is 0.283. The van der Waals surface area contributed by atoms with Crippen molar-refractivity contribution in [3.8, 4) is 0 Å². The van der Waals surface area contributed by atoms with Gasteiger partial charge in [0, 0.05) is 0 Å². The molecule has 0 aliphatic rings. The quantitative estimate of drug-likeness (QED) is 0.599. The van der Waals surface area contributed by atoms with E-state index in [-0.39, 0.29) is 116 Å². The first-order valence-corrected chi connectivity index (χ1v) is 0.651. The summed E-state index contributed by atoms with van der Waals surface area (Å²) in [4.78, 5) is 8.56. The van der Waals surface area contributed by atoms with Gasteiger partial charge < -0.3 is 15.9 Å². The van der Waals surface area contributed by atoms with E-state index in [1.807, 2.05) is 0 Å². The van der Waals surface area contributed by atoms with Gasteiger partial charge in [-0.05, 0) is 0 Å². The maximum atomic E-state index is 8.56. The standard InChI is InChI=1S/CH2O3.2Ba.ClH.4H/c2-1(3)4;;;;;;;/h(H2,2,3,4);;;1H;;;;/q;2*+2;;4*-1. The molecule has 0 unspecified atom stereocenters. The minimum absolute atomic E-state index is 0. The third kappa shape index (κ3) is 53.5. The van der Waals surface area contributed by atoms with Gasteiger partial charge in [0.1, 0.15) is 0 Å². The molecule has 7 heavy (non-hydrogen) atoms. The smallest absolute Gasteiger partial charge is 1.00 e. The minimum atomic E-state index is -1.83. The Bertz CT molecular complexity index is 46.3. The molecule has 0 aromatic heterocycles. The summed E-state index contributed by atoms with van der Waals surface area (Å²) in [5, 5.41) is 13.9. The van der Waals surface area contributed by atoms with E-state index in [1.165, 1.54) is 0 Å². The van der Waals surface area contributed by atoms with Crippen molar-refractivity contribution in [1.29, 1.82) is 0 Å². The van der Waals surface area contributed by atoms with Crippen molar-refractivity contribution < 1.29 is 20.7 Å². The monoisotopic (exact) mass is 378 g/mol. The zero-order valence-corrected chi connectivity index (χ0v) is 13.3. The van der Waals surface area contributed by atoms with Gasteiger partial charge in [-0.3, -0.25) is 0 Å². The van der Waals surface area contributed by atoms with Crippen molar-refractivity contribution in [3.05, 3.63) is 0 Å². The Morgan fingerprint density at radius 2 is 1.29 bits per heavy atom. The Morgan fingerprint density at radius 1 is 1.29 bits per heavy atom. The molecule has 0 saturated heterocycles. The molecule has 0 amide bonds. The number of rotatable bonds is 0. The molecule has 6 heteroatoms. The fourth-order valence-corrected chi connectivity index (χ4v) is 0. The Kier molecular flexibility index (Phi) is 51.3. The van der Waals surface area contributed by atoms with Crippen molar-refractivity contribution >= 4 is 116 Å². The summed E-state index contributed by atoms with van der Waals surface area (Å²) in [6.45, 7) is 0. The van der Waals surface area contributed by atoms with Crippen LogP contribution in [0.5, 0.6) is 0 Å². The number of hydrogen-bond acceptors (Lipinski definition) is 1. The maximum absolute atomic E-state index is 8.56. The molecule has 40 valence electrons. The summed E-state index contributed by atoms with van der Waals surface area (Å²) in [6.07, 6.45) is -1.83. The van der Waals surface area contributed by atoms with Crippen LogP contribution in [0.1, 0.15) is 5.71 Å². The largest absolute Gasteiger partial charge is 2.00 e. The number of carboxylic acid groups (broad SMARTS) is 2. The van der Waals surface area contributed by atoms with Gasteiger partial charge in [0.15, 0.2) is 0 Å². The molecule has 3 nitrogen and oxygen atoms in total. The predicted molar refractivity (Wildman–Crippen MR) is 33.9 cm³/mol. The Balaban J connectivity index is -0.00000000214. The summed E-state index contributed by atoms with van der Waals surface area (Å²) < 4.78 is 0. The SMILES string of the molecule is Cl.O=C(O)O.[Ba+2].[Ba+2].[H-].[H-].[H-].[H-]. The summed E-state index contributed by atoms with van der Waals surface area (Å²) in [6, 6.07) is 0. The van der Waals surface area contributed by atoms with E-state index in [9.17, 15) is 0 Å². The normalized spacial score (nSPS) is 3.43. The summed E-state index contributed by atoms with van der Waals surface area (Å²) in [5.41, 5.74) is 0. The fraction of sp³-hybridized carbons (Fsp3) is 0. The Hall–Kier alpha value is 2.70. The van der Waals surface area contributed by atoms with Crippen molar-refractivity contribution in [2.45, 2.75) is 0 Å². The van der Waals surface area contributed by atoms with E-state index in [1.54, 1.807) is 0 Å². The molecule has 0 heterocycles. The van der Waals surface area contributed by atoms with Crippen molar-refractivity contribution in [2.75, 3.05) is 0 Å². The average Bonchev–Trinajstić information content (AvgIpc) is 0.811. The first kappa shape index (κ1) is 22.6. The topological polar surface area (TPSA) is 57.5 Å². The first-order valence-electron chi connectivity index (χ1n) is 0.651. The van der Waals surface area contributed by atoms with Gasteiger partial charge in [-0.1, -0.05) is 0 Å². The second kappa shape index (κ2) is 15.9. The van der Waals surface area contributed by atoms with Crippen LogP contribution >= 0.6 is 12.4 Å². The van der Waals surface area contributed by atoms with Gasteiger partial charge >= 0.3 is 104 Å². The third-order valence-corrected chi connectivity index (χ3v) is 0. The summed E-state index contributed by atoms with van der Waals surface area (Å²) in [7, 11) is 0. The molecular formula is CH7Ba2ClO3. The number of halogens is 1. The molecule has 0 radical (unpaired) electrons. The van der Waals surface area contributed by atoms with Crippen molar-refractivity contribution in [3.63, 3.8) is 0 Å². The van der Waals surface area contributed by atoms with E-state index in [0.29, 0.717) is 0 Å². The van der Waals surface area contributed by atoms with Gasteiger partial charge in [-0.15, -0.1) is 12.4 Å². The molecule has 2 N–H and O–H groups in total. The van der Waals surface area contributed by atoms with Crippen LogP contribution in [-0.2, 0) is 0 Å². The molecule has 0 aromatic carbocycles. The fourth-order valence-electron chi connectivity index (χ4n) is 0. The van der Waals surface area contributed by atoms with E-state index in [2.05, 4.69) is 0 Å². The summed E-state index contributed by atoms with van der Waals surface area (Å²) in [5.74, 6) is 0. The van der Waals surface area contributed by atoms with Crippen LogP contribution in [0.3, 0.4) is 0 Å². The Labute approximate surface area is 134 Å². The van der Waals surface area contributed by atoms with Crippen LogP contribution in [0.25, 0.3) is 0 Å². The Morgan fingerprint density at radius 3 is 1.29 bits per heavy atom. The molecular weight excluding hydrogens is 370 g/mol. The zero-order chi connectivity index (χ0) is 3.58. The average molecular weight is 377 g/mol. The van der Waals surface area contributed by atoms with Crippen LogP contribution < -0.4 is 0 Å². The van der Waals surface area contributed by atoms with Gasteiger partial charge in [-0.25, -0.2) is 4.79 Å². The molecule has 0 spiro atoms. The van der Waals surface area contributed by atoms with E-state index in [4.69, 9.17) is 15.0 Å². The van der Waals surface area contributed by atoms with E-state index < -0.39 is 6.16 Å². The van der Waals surface area contributed by atoms with E-state index >= 15 is 0 Å². The van der Waals surface area contributed by atoms with Crippen molar-refractivity contribution in [1.82, 2.24) is 0 Å². The molecule has 0 aliphatic heterocycles. The van der Waals surface area contributed by atoms with Crippen molar-refractivity contribution in [2.24, 2.45) is 0 Å². The molecule has 0 fully saturated rings. The molecule has 0 aliphatic carbocycles. The van der Waals surface area contributed by atoms with Crippen LogP contribution in [-0.4, -0.2) is 114 Å². The van der Waals surface area contributed by atoms with Crippen LogP contribution in [0.4, 0.5) is 4.79 Å². The van der Waals surface area contributed by atoms with Gasteiger partial charge in [0.05, 0.1) is 0 Å². The third-order valence-electron chi connectivity index (χ3n) is 0. The van der Waals surface area contributed by atoms with Gasteiger partial charge in [-0.2, -0.15) is 0 Å². The molecule has 0 rings (SSSR count).